The largest absolute Gasteiger partial charge is 0.478 e. The summed E-state index contributed by atoms with van der Waals surface area (Å²) in [6.45, 7) is 4.01. The number of hydrogen-bond acceptors (Lipinski definition) is 3. The first kappa shape index (κ1) is 11.9. The first-order valence-electron chi connectivity index (χ1n) is 5.98. The van der Waals surface area contributed by atoms with Gasteiger partial charge >= 0.3 is 5.97 Å². The summed E-state index contributed by atoms with van der Waals surface area (Å²) in [6.07, 6.45) is 2.29. The van der Waals surface area contributed by atoms with Crippen LogP contribution in [-0.2, 0) is 0 Å². The molecule has 1 aromatic carbocycles. The smallest absolute Gasteiger partial charge is 0.335 e. The van der Waals surface area contributed by atoms with Crippen molar-refractivity contribution in [1.82, 2.24) is 5.32 Å². The second-order valence-corrected chi connectivity index (χ2v) is 4.52. The van der Waals surface area contributed by atoms with Gasteiger partial charge in [-0.2, -0.15) is 0 Å². The number of carboxylic acid groups (broad SMARTS) is 1. The summed E-state index contributed by atoms with van der Waals surface area (Å²) in [5, 5.41) is 15.7. The maximum atomic E-state index is 10.9. The molecule has 4 heteroatoms. The summed E-state index contributed by atoms with van der Waals surface area (Å²) in [4.78, 5) is 10.9. The minimum absolute atomic E-state index is 0.335. The monoisotopic (exact) mass is 234 g/mol. The molecule has 1 saturated heterocycles. The van der Waals surface area contributed by atoms with Crippen LogP contribution < -0.4 is 10.6 Å². The molecule has 0 amide bonds. The maximum Gasteiger partial charge on any atom is 0.335 e. The molecule has 4 nitrogen and oxygen atoms in total. The van der Waals surface area contributed by atoms with Gasteiger partial charge in [0.2, 0.25) is 0 Å². The molecule has 1 aliphatic rings. The van der Waals surface area contributed by atoms with Gasteiger partial charge in [-0.25, -0.2) is 4.79 Å². The lowest BCUT2D eigenvalue weighted by molar-refractivity contribution is 0.0697. The average Bonchev–Trinajstić information content (AvgIpc) is 2.33. The topological polar surface area (TPSA) is 61.4 Å². The van der Waals surface area contributed by atoms with Gasteiger partial charge in [-0.1, -0.05) is 6.07 Å². The molecule has 1 fully saturated rings. The number of aromatic carboxylic acids is 1. The van der Waals surface area contributed by atoms with Gasteiger partial charge in [0.15, 0.2) is 0 Å². The Hall–Kier alpha value is -1.55. The van der Waals surface area contributed by atoms with E-state index >= 15 is 0 Å². The van der Waals surface area contributed by atoms with Crippen molar-refractivity contribution in [1.29, 1.82) is 0 Å². The minimum atomic E-state index is -0.880. The van der Waals surface area contributed by atoms with Crippen molar-refractivity contribution in [3.8, 4) is 0 Å². The maximum absolute atomic E-state index is 10.9. The molecule has 17 heavy (non-hydrogen) atoms. The SMILES string of the molecule is Cc1ccc(C(=O)O)cc1NC1CCCNC1. The van der Waals surface area contributed by atoms with Crippen LogP contribution in [0.3, 0.4) is 0 Å². The normalized spacial score (nSPS) is 19.9. The second-order valence-electron chi connectivity index (χ2n) is 4.52. The first-order chi connectivity index (χ1) is 8.16. The molecule has 1 aliphatic heterocycles. The highest BCUT2D eigenvalue weighted by molar-refractivity contribution is 5.89. The Labute approximate surface area is 101 Å². The summed E-state index contributed by atoms with van der Waals surface area (Å²) in [6, 6.07) is 5.60. The predicted molar refractivity (Wildman–Crippen MR) is 67.7 cm³/mol. The number of carboxylic acids is 1. The van der Waals surface area contributed by atoms with Crippen LogP contribution in [0, 0.1) is 6.92 Å². The van der Waals surface area contributed by atoms with E-state index in [1.165, 1.54) is 0 Å². The molecule has 2 rings (SSSR count). The zero-order valence-corrected chi connectivity index (χ0v) is 9.99. The number of benzene rings is 1. The van der Waals surface area contributed by atoms with Crippen molar-refractivity contribution in [2.24, 2.45) is 0 Å². The van der Waals surface area contributed by atoms with E-state index in [1.54, 1.807) is 12.1 Å². The van der Waals surface area contributed by atoms with Crippen LogP contribution in [0.2, 0.25) is 0 Å². The molecule has 0 saturated carbocycles. The Morgan fingerprint density at radius 3 is 3.00 bits per heavy atom. The van der Waals surface area contributed by atoms with Gasteiger partial charge in [0.05, 0.1) is 5.56 Å². The Kier molecular flexibility index (Phi) is 3.64. The van der Waals surface area contributed by atoms with E-state index in [1.807, 2.05) is 13.0 Å². The predicted octanol–water partition coefficient (Wildman–Crippen LogP) is 1.86. The summed E-state index contributed by atoms with van der Waals surface area (Å²) in [5.74, 6) is -0.880. The Balaban J connectivity index is 2.13. The average molecular weight is 234 g/mol. The fraction of sp³-hybridized carbons (Fsp3) is 0.462. The van der Waals surface area contributed by atoms with Crippen LogP contribution >= 0.6 is 0 Å². The highest BCUT2D eigenvalue weighted by Crippen LogP contribution is 2.19. The molecule has 0 aliphatic carbocycles. The lowest BCUT2D eigenvalue weighted by atomic mass is 10.1. The van der Waals surface area contributed by atoms with Crippen molar-refractivity contribution in [2.75, 3.05) is 18.4 Å². The number of rotatable bonds is 3. The number of carbonyl (C=O) groups is 1. The number of anilines is 1. The molecule has 92 valence electrons. The van der Waals surface area contributed by atoms with Gasteiger partial charge in [0.25, 0.3) is 0 Å². The van der Waals surface area contributed by atoms with E-state index in [-0.39, 0.29) is 0 Å². The second kappa shape index (κ2) is 5.19. The molecular weight excluding hydrogens is 216 g/mol. The molecule has 0 aromatic heterocycles. The Morgan fingerprint density at radius 2 is 2.35 bits per heavy atom. The number of piperidine rings is 1. The number of nitrogens with one attached hydrogen (secondary N) is 2. The fourth-order valence-corrected chi connectivity index (χ4v) is 2.11. The van der Waals surface area contributed by atoms with Gasteiger partial charge in [-0.05, 0) is 44.0 Å². The molecular formula is C13H18N2O2. The van der Waals surface area contributed by atoms with E-state index in [0.29, 0.717) is 11.6 Å². The van der Waals surface area contributed by atoms with Gasteiger partial charge in [-0.3, -0.25) is 0 Å². The lowest BCUT2D eigenvalue weighted by Gasteiger charge is -2.25. The zero-order valence-electron chi connectivity index (χ0n) is 9.99. The zero-order chi connectivity index (χ0) is 12.3. The molecule has 3 N–H and O–H groups in total. The molecule has 0 spiro atoms. The van der Waals surface area contributed by atoms with Crippen LogP contribution in [-0.4, -0.2) is 30.2 Å². The minimum Gasteiger partial charge on any atom is -0.478 e. The molecule has 1 atom stereocenters. The third-order valence-corrected chi connectivity index (χ3v) is 3.14. The van der Waals surface area contributed by atoms with Crippen molar-refractivity contribution >= 4 is 11.7 Å². The quantitative estimate of drug-likeness (QED) is 0.747. The van der Waals surface area contributed by atoms with Crippen molar-refractivity contribution in [3.05, 3.63) is 29.3 Å². The fourth-order valence-electron chi connectivity index (χ4n) is 2.11. The number of hydrogen-bond donors (Lipinski definition) is 3. The molecule has 0 bridgehead atoms. The van der Waals surface area contributed by atoms with E-state index in [4.69, 9.17) is 5.11 Å². The van der Waals surface area contributed by atoms with Crippen molar-refractivity contribution in [2.45, 2.75) is 25.8 Å². The van der Waals surface area contributed by atoms with Crippen LogP contribution in [0.25, 0.3) is 0 Å². The van der Waals surface area contributed by atoms with E-state index in [2.05, 4.69) is 10.6 Å². The molecule has 1 unspecified atom stereocenters. The lowest BCUT2D eigenvalue weighted by Crippen LogP contribution is -2.38. The Morgan fingerprint density at radius 1 is 1.53 bits per heavy atom. The van der Waals surface area contributed by atoms with E-state index in [9.17, 15) is 4.79 Å². The van der Waals surface area contributed by atoms with Gasteiger partial charge < -0.3 is 15.7 Å². The van der Waals surface area contributed by atoms with E-state index in [0.717, 1.165) is 37.2 Å². The van der Waals surface area contributed by atoms with E-state index < -0.39 is 5.97 Å². The third-order valence-electron chi connectivity index (χ3n) is 3.14. The van der Waals surface area contributed by atoms with Crippen LogP contribution in [0.5, 0.6) is 0 Å². The van der Waals surface area contributed by atoms with Gasteiger partial charge in [-0.15, -0.1) is 0 Å². The van der Waals surface area contributed by atoms with Crippen LogP contribution in [0.4, 0.5) is 5.69 Å². The molecule has 1 aromatic rings. The summed E-state index contributed by atoms with van der Waals surface area (Å²) >= 11 is 0. The summed E-state index contributed by atoms with van der Waals surface area (Å²) in [5.41, 5.74) is 2.35. The highest BCUT2D eigenvalue weighted by Gasteiger charge is 2.14. The van der Waals surface area contributed by atoms with Crippen LogP contribution in [0.1, 0.15) is 28.8 Å². The van der Waals surface area contributed by atoms with Crippen LogP contribution in [0.15, 0.2) is 18.2 Å². The summed E-state index contributed by atoms with van der Waals surface area (Å²) < 4.78 is 0. The van der Waals surface area contributed by atoms with Gasteiger partial charge in [0, 0.05) is 18.3 Å². The van der Waals surface area contributed by atoms with Crippen molar-refractivity contribution < 1.29 is 9.90 Å². The molecule has 1 heterocycles. The highest BCUT2D eigenvalue weighted by atomic mass is 16.4. The third kappa shape index (κ3) is 2.97. The van der Waals surface area contributed by atoms with Gasteiger partial charge in [0.1, 0.15) is 0 Å². The first-order valence-corrected chi connectivity index (χ1v) is 5.98. The Bertz CT molecular complexity index is 412. The van der Waals surface area contributed by atoms with Crippen molar-refractivity contribution in [3.63, 3.8) is 0 Å². The molecule has 0 radical (unpaired) electrons. The standard InChI is InChI=1S/C13H18N2O2/c1-9-4-5-10(13(16)17)7-12(9)15-11-3-2-6-14-8-11/h4-5,7,11,14-15H,2-3,6,8H2,1H3,(H,16,17). The number of aryl methyl sites for hydroxylation is 1. The summed E-state index contributed by atoms with van der Waals surface area (Å²) in [7, 11) is 0.